The summed E-state index contributed by atoms with van der Waals surface area (Å²) in [5.74, 6) is 0. The summed E-state index contributed by atoms with van der Waals surface area (Å²) in [6.07, 6.45) is 1.32. The third kappa shape index (κ3) is 0.854. The second kappa shape index (κ2) is 2.47. The molecule has 0 aliphatic rings. The number of hydrogen-bond acceptors (Lipinski definition) is 3. The highest BCUT2D eigenvalue weighted by atomic mass is 16.2. The van der Waals surface area contributed by atoms with Crippen LogP contribution in [0.15, 0.2) is 11.4 Å². The van der Waals surface area contributed by atoms with Gasteiger partial charge in [0, 0.05) is 12.7 Å². The lowest BCUT2D eigenvalue weighted by Crippen LogP contribution is -2.21. The maximum Gasteiger partial charge on any atom is 0.367 e. The Morgan fingerprint density at radius 3 is 2.70 bits per heavy atom. The minimum atomic E-state index is -0.252. The van der Waals surface area contributed by atoms with Crippen molar-refractivity contribution in [1.29, 1.82) is 0 Å². The molecule has 0 aliphatic carbocycles. The van der Waals surface area contributed by atoms with Crippen LogP contribution in [0.3, 0.4) is 0 Å². The van der Waals surface area contributed by atoms with Gasteiger partial charge in [-0.3, -0.25) is 0 Å². The summed E-state index contributed by atoms with van der Waals surface area (Å²) in [6, 6.07) is 0. The van der Waals surface area contributed by atoms with Crippen LogP contribution in [0.1, 0.15) is 6.92 Å². The van der Waals surface area contributed by atoms with E-state index in [1.54, 1.807) is 0 Å². The fourth-order valence-corrected chi connectivity index (χ4v) is 0.599. The van der Waals surface area contributed by atoms with E-state index in [4.69, 9.17) is 0 Å². The van der Waals surface area contributed by atoms with Gasteiger partial charge in [0.25, 0.3) is 0 Å². The van der Waals surface area contributed by atoms with E-state index in [1.807, 2.05) is 6.92 Å². The van der Waals surface area contributed by atoms with Gasteiger partial charge in [-0.1, -0.05) is 6.58 Å². The van der Waals surface area contributed by atoms with Gasteiger partial charge in [-0.05, 0) is 17.4 Å². The van der Waals surface area contributed by atoms with Crippen molar-refractivity contribution in [3.63, 3.8) is 0 Å². The zero-order valence-electron chi connectivity index (χ0n) is 5.69. The predicted octanol–water partition coefficient (Wildman–Crippen LogP) is -0.440. The van der Waals surface area contributed by atoms with Gasteiger partial charge in [-0.15, -0.1) is 0 Å². The van der Waals surface area contributed by atoms with Crippen LogP contribution >= 0.6 is 0 Å². The molecule has 0 atom stereocenters. The van der Waals surface area contributed by atoms with Gasteiger partial charge in [-0.25, -0.2) is 4.79 Å². The molecule has 0 saturated heterocycles. The average Bonchev–Trinajstić information content (AvgIpc) is 2.30. The van der Waals surface area contributed by atoms with E-state index in [2.05, 4.69) is 17.0 Å². The quantitative estimate of drug-likeness (QED) is 0.559. The van der Waals surface area contributed by atoms with Gasteiger partial charge < -0.3 is 0 Å². The molecule has 1 aromatic rings. The SMILES string of the molecule is C=Cn1nnn(CC)c1=O. The third-order valence-electron chi connectivity index (χ3n) is 1.13. The van der Waals surface area contributed by atoms with Crippen LogP contribution in [0.25, 0.3) is 6.20 Å². The Labute approximate surface area is 57.6 Å². The molecule has 54 valence electrons. The molecule has 0 unspecified atom stereocenters. The molecule has 5 heteroatoms. The van der Waals surface area contributed by atoms with Crippen molar-refractivity contribution < 1.29 is 0 Å². The lowest BCUT2D eigenvalue weighted by atomic mass is 10.8. The third-order valence-corrected chi connectivity index (χ3v) is 1.13. The summed E-state index contributed by atoms with van der Waals surface area (Å²) >= 11 is 0. The van der Waals surface area contributed by atoms with E-state index < -0.39 is 0 Å². The van der Waals surface area contributed by atoms with Crippen LogP contribution in [-0.4, -0.2) is 19.8 Å². The molecular formula is C5H8N4O. The Kier molecular flexibility index (Phi) is 1.66. The van der Waals surface area contributed by atoms with Crippen molar-refractivity contribution >= 4 is 6.20 Å². The minimum absolute atomic E-state index is 0.252. The predicted molar refractivity (Wildman–Crippen MR) is 36.3 cm³/mol. The first-order valence-electron chi connectivity index (χ1n) is 2.94. The number of nitrogens with zero attached hydrogens (tertiary/aromatic N) is 4. The van der Waals surface area contributed by atoms with Crippen LogP contribution in [-0.2, 0) is 6.54 Å². The molecule has 0 amide bonds. The average molecular weight is 140 g/mol. The van der Waals surface area contributed by atoms with E-state index in [0.29, 0.717) is 6.54 Å². The topological polar surface area (TPSA) is 52.7 Å². The van der Waals surface area contributed by atoms with Crippen molar-refractivity contribution in [2.45, 2.75) is 13.5 Å². The highest BCUT2D eigenvalue weighted by molar-refractivity contribution is 5.09. The molecule has 0 spiro atoms. The Morgan fingerprint density at radius 1 is 1.70 bits per heavy atom. The number of aromatic nitrogens is 4. The smallest absolute Gasteiger partial charge is 0.244 e. The van der Waals surface area contributed by atoms with Crippen LogP contribution in [0, 0.1) is 0 Å². The van der Waals surface area contributed by atoms with Gasteiger partial charge in [0.1, 0.15) is 0 Å². The molecule has 0 aromatic carbocycles. The van der Waals surface area contributed by atoms with E-state index >= 15 is 0 Å². The standard InChI is InChI=1S/C5H8N4O/c1-3-8-5(10)9(4-2)7-6-8/h3H,1,4H2,2H3. The van der Waals surface area contributed by atoms with E-state index in [9.17, 15) is 4.79 Å². The lowest BCUT2D eigenvalue weighted by molar-refractivity contribution is 0.609. The van der Waals surface area contributed by atoms with Crippen molar-refractivity contribution in [2.24, 2.45) is 0 Å². The summed E-state index contributed by atoms with van der Waals surface area (Å²) in [6.45, 7) is 5.74. The normalized spacial score (nSPS) is 9.70. The van der Waals surface area contributed by atoms with E-state index in [-0.39, 0.29) is 5.69 Å². The van der Waals surface area contributed by atoms with Gasteiger partial charge in [0.05, 0.1) is 0 Å². The Hall–Kier alpha value is -1.39. The fraction of sp³-hybridized carbons (Fsp3) is 0.400. The molecule has 0 N–H and O–H groups in total. The second-order valence-electron chi connectivity index (χ2n) is 1.70. The monoisotopic (exact) mass is 140 g/mol. The van der Waals surface area contributed by atoms with Crippen molar-refractivity contribution in [3.8, 4) is 0 Å². The molecule has 0 bridgehead atoms. The molecule has 10 heavy (non-hydrogen) atoms. The minimum Gasteiger partial charge on any atom is -0.244 e. The molecular weight excluding hydrogens is 132 g/mol. The first-order chi connectivity index (χ1) is 4.79. The molecule has 1 aromatic heterocycles. The Bertz CT molecular complexity index is 284. The van der Waals surface area contributed by atoms with E-state index in [0.717, 1.165) is 4.68 Å². The molecule has 5 nitrogen and oxygen atoms in total. The maximum atomic E-state index is 11.0. The zero-order valence-corrected chi connectivity index (χ0v) is 5.69. The first kappa shape index (κ1) is 6.73. The van der Waals surface area contributed by atoms with Crippen molar-refractivity contribution in [2.75, 3.05) is 0 Å². The highest BCUT2D eigenvalue weighted by Crippen LogP contribution is 1.72. The molecule has 1 rings (SSSR count). The van der Waals surface area contributed by atoms with Crippen LogP contribution < -0.4 is 5.69 Å². The summed E-state index contributed by atoms with van der Waals surface area (Å²) in [5.41, 5.74) is -0.252. The first-order valence-corrected chi connectivity index (χ1v) is 2.94. The number of hydrogen-bond donors (Lipinski definition) is 0. The number of aryl methyl sites for hydroxylation is 1. The molecule has 0 radical (unpaired) electrons. The number of rotatable bonds is 2. The van der Waals surface area contributed by atoms with Crippen molar-refractivity contribution in [3.05, 3.63) is 17.1 Å². The van der Waals surface area contributed by atoms with Gasteiger partial charge in [-0.2, -0.15) is 9.36 Å². The Morgan fingerprint density at radius 2 is 2.40 bits per heavy atom. The zero-order chi connectivity index (χ0) is 7.56. The number of tetrazole rings is 1. The molecule has 0 aliphatic heterocycles. The summed E-state index contributed by atoms with van der Waals surface area (Å²) in [7, 11) is 0. The summed E-state index contributed by atoms with van der Waals surface area (Å²) in [4.78, 5) is 11.0. The molecule has 0 saturated carbocycles. The lowest BCUT2D eigenvalue weighted by Gasteiger charge is -1.84. The van der Waals surface area contributed by atoms with Gasteiger partial charge in [0.2, 0.25) is 0 Å². The molecule has 1 heterocycles. The van der Waals surface area contributed by atoms with Crippen LogP contribution in [0.2, 0.25) is 0 Å². The Balaban J connectivity index is 3.21. The van der Waals surface area contributed by atoms with Crippen molar-refractivity contribution in [1.82, 2.24) is 19.8 Å². The van der Waals surface area contributed by atoms with Gasteiger partial charge in [0.15, 0.2) is 0 Å². The van der Waals surface area contributed by atoms with Crippen LogP contribution in [0.5, 0.6) is 0 Å². The van der Waals surface area contributed by atoms with Gasteiger partial charge >= 0.3 is 5.69 Å². The fourth-order valence-electron chi connectivity index (χ4n) is 0.599. The molecule has 0 fully saturated rings. The summed E-state index contributed by atoms with van der Waals surface area (Å²) < 4.78 is 2.34. The maximum absolute atomic E-state index is 11.0. The summed E-state index contributed by atoms with van der Waals surface area (Å²) in [5, 5.41) is 7.06. The van der Waals surface area contributed by atoms with Crippen LogP contribution in [0.4, 0.5) is 0 Å². The largest absolute Gasteiger partial charge is 0.367 e. The highest BCUT2D eigenvalue weighted by Gasteiger charge is 1.98. The second-order valence-corrected chi connectivity index (χ2v) is 1.70. The van der Waals surface area contributed by atoms with E-state index in [1.165, 1.54) is 10.9 Å².